The van der Waals surface area contributed by atoms with Crippen molar-refractivity contribution < 1.29 is 0 Å². The Hall–Kier alpha value is -4.12. The molecule has 6 rings (SSSR count). The molecule has 6 aromatic rings. The van der Waals surface area contributed by atoms with Gasteiger partial charge in [-0.1, -0.05) is 117 Å². The highest BCUT2D eigenvalue weighted by atomic mass is 79.9. The van der Waals surface area contributed by atoms with Crippen molar-refractivity contribution in [2.45, 2.75) is 0 Å². The van der Waals surface area contributed by atoms with Gasteiger partial charge in [0.15, 0.2) is 0 Å². The lowest BCUT2D eigenvalue weighted by atomic mass is 10.0. The van der Waals surface area contributed by atoms with E-state index in [1.54, 1.807) is 0 Å². The monoisotopic (exact) mass is 644 g/mol. The van der Waals surface area contributed by atoms with Crippen molar-refractivity contribution in [3.63, 3.8) is 0 Å². The van der Waals surface area contributed by atoms with Crippen LogP contribution in [0.15, 0.2) is 167 Å². The highest BCUT2D eigenvalue weighted by molar-refractivity contribution is 9.11. The summed E-state index contributed by atoms with van der Waals surface area (Å²) in [4.78, 5) is 4.54. The lowest BCUT2D eigenvalue weighted by molar-refractivity contribution is 1.27. The third-order valence-electron chi connectivity index (χ3n) is 6.77. The molecule has 194 valence electrons. The lowest BCUT2D eigenvalue weighted by Gasteiger charge is -2.27. The molecule has 0 aliphatic rings. The predicted octanol–water partition coefficient (Wildman–Crippen LogP) is 11.8. The second kappa shape index (κ2) is 12.0. The summed E-state index contributed by atoms with van der Waals surface area (Å²) in [6.45, 7) is 0. The Morgan fingerprint density at radius 1 is 0.300 bits per heavy atom. The zero-order chi connectivity index (χ0) is 27.3. The summed E-state index contributed by atoms with van der Waals surface area (Å²) in [5.74, 6) is 0. The van der Waals surface area contributed by atoms with Crippen LogP contribution in [0.4, 0.5) is 34.1 Å². The lowest BCUT2D eigenvalue weighted by Crippen LogP contribution is -2.10. The maximum atomic E-state index is 3.89. The molecule has 0 bridgehead atoms. The largest absolute Gasteiger partial charge is 0.310 e. The number of rotatable bonds is 7. The average Bonchev–Trinajstić information content (AvgIpc) is 3.00. The second-order valence-corrected chi connectivity index (χ2v) is 11.0. The number of benzene rings is 6. The van der Waals surface area contributed by atoms with E-state index >= 15 is 0 Å². The Kier molecular flexibility index (Phi) is 7.80. The number of hydrogen-bond acceptors (Lipinski definition) is 2. The molecule has 4 heteroatoms. The summed E-state index contributed by atoms with van der Waals surface area (Å²) in [6, 6.07) is 54.9. The highest BCUT2D eigenvalue weighted by Crippen LogP contribution is 2.42. The zero-order valence-corrected chi connectivity index (χ0v) is 24.8. The minimum absolute atomic E-state index is 1.03. The van der Waals surface area contributed by atoms with Gasteiger partial charge >= 0.3 is 0 Å². The quantitative estimate of drug-likeness (QED) is 0.170. The van der Waals surface area contributed by atoms with Crippen LogP contribution in [0.2, 0.25) is 0 Å². The molecule has 0 heterocycles. The fraction of sp³-hybridized carbons (Fsp3) is 0. The van der Waals surface area contributed by atoms with Crippen molar-refractivity contribution in [1.82, 2.24) is 0 Å². The van der Waals surface area contributed by atoms with Crippen LogP contribution >= 0.6 is 31.9 Å². The molecule has 6 aromatic carbocycles. The molecule has 0 N–H and O–H groups in total. The fourth-order valence-corrected chi connectivity index (χ4v) is 6.09. The average molecular weight is 646 g/mol. The summed E-state index contributed by atoms with van der Waals surface area (Å²) in [5.41, 5.74) is 8.85. The van der Waals surface area contributed by atoms with Crippen LogP contribution in [0.5, 0.6) is 0 Å². The normalized spacial score (nSPS) is 10.8. The van der Waals surface area contributed by atoms with E-state index in [9.17, 15) is 0 Å². The van der Waals surface area contributed by atoms with E-state index in [4.69, 9.17) is 0 Å². The third kappa shape index (κ3) is 5.46. The van der Waals surface area contributed by atoms with Gasteiger partial charge in [-0.2, -0.15) is 0 Å². The molecule has 0 atom stereocenters. The van der Waals surface area contributed by atoms with Crippen LogP contribution in [-0.2, 0) is 0 Å². The Balaban J connectivity index is 1.38. The van der Waals surface area contributed by atoms with Crippen LogP contribution in [0.3, 0.4) is 0 Å². The molecular formula is C36H26Br2N2. The minimum atomic E-state index is 1.03. The van der Waals surface area contributed by atoms with E-state index in [0.29, 0.717) is 0 Å². The molecule has 40 heavy (non-hydrogen) atoms. The van der Waals surface area contributed by atoms with Gasteiger partial charge in [0, 0.05) is 43.1 Å². The highest BCUT2D eigenvalue weighted by Gasteiger charge is 2.17. The summed E-state index contributed by atoms with van der Waals surface area (Å²) >= 11 is 7.79. The molecular weight excluding hydrogens is 620 g/mol. The Morgan fingerprint density at radius 3 is 0.825 bits per heavy atom. The summed E-state index contributed by atoms with van der Waals surface area (Å²) in [5, 5.41) is 0. The molecule has 0 aliphatic heterocycles. The number of para-hydroxylation sites is 4. The van der Waals surface area contributed by atoms with Crippen molar-refractivity contribution >= 4 is 66.0 Å². The third-order valence-corrected chi connectivity index (χ3v) is 8.08. The van der Waals surface area contributed by atoms with Gasteiger partial charge in [-0.3, -0.25) is 0 Å². The van der Waals surface area contributed by atoms with E-state index in [0.717, 1.165) is 54.2 Å². The molecule has 2 nitrogen and oxygen atoms in total. The van der Waals surface area contributed by atoms with E-state index in [2.05, 4.69) is 175 Å². The zero-order valence-electron chi connectivity index (χ0n) is 21.7. The first-order chi connectivity index (χ1) is 19.7. The maximum Gasteiger partial charge on any atom is 0.0473 e. The van der Waals surface area contributed by atoms with Gasteiger partial charge in [0.1, 0.15) is 0 Å². The van der Waals surface area contributed by atoms with Crippen LogP contribution in [-0.4, -0.2) is 0 Å². The van der Waals surface area contributed by atoms with Gasteiger partial charge in [-0.05, 0) is 83.9 Å². The molecule has 0 radical (unpaired) electrons. The van der Waals surface area contributed by atoms with Crippen LogP contribution in [0.1, 0.15) is 0 Å². The SMILES string of the molecule is Brc1cc(N(c2ccccc2)c2ccccc2)ccc1-c1ccc(N(c2ccccc2)c2ccccc2)cc1Br. The predicted molar refractivity (Wildman–Crippen MR) is 177 cm³/mol. The number of nitrogens with zero attached hydrogens (tertiary/aromatic N) is 2. The molecule has 0 saturated heterocycles. The Labute approximate surface area is 252 Å². The Morgan fingerprint density at radius 2 is 0.575 bits per heavy atom. The van der Waals surface area contributed by atoms with Crippen LogP contribution < -0.4 is 9.80 Å². The van der Waals surface area contributed by atoms with Gasteiger partial charge in [0.2, 0.25) is 0 Å². The maximum absolute atomic E-state index is 3.89. The van der Waals surface area contributed by atoms with Gasteiger partial charge in [-0.25, -0.2) is 0 Å². The molecule has 0 saturated carbocycles. The summed E-state index contributed by atoms with van der Waals surface area (Å²) in [7, 11) is 0. The summed E-state index contributed by atoms with van der Waals surface area (Å²) in [6.07, 6.45) is 0. The molecule has 0 amide bonds. The smallest absolute Gasteiger partial charge is 0.0473 e. The first-order valence-corrected chi connectivity index (χ1v) is 14.7. The van der Waals surface area contributed by atoms with E-state index in [-0.39, 0.29) is 0 Å². The minimum Gasteiger partial charge on any atom is -0.310 e. The first-order valence-electron chi connectivity index (χ1n) is 13.1. The van der Waals surface area contributed by atoms with Crippen molar-refractivity contribution in [2.24, 2.45) is 0 Å². The second-order valence-electron chi connectivity index (χ2n) is 9.34. The topological polar surface area (TPSA) is 6.48 Å². The van der Waals surface area contributed by atoms with Crippen molar-refractivity contribution in [3.05, 3.63) is 167 Å². The molecule has 0 spiro atoms. The molecule has 0 aliphatic carbocycles. The van der Waals surface area contributed by atoms with Crippen LogP contribution in [0, 0.1) is 0 Å². The summed E-state index contributed by atoms with van der Waals surface area (Å²) < 4.78 is 2.05. The van der Waals surface area contributed by atoms with E-state index in [1.165, 1.54) is 0 Å². The molecule has 0 fully saturated rings. The molecule has 0 unspecified atom stereocenters. The van der Waals surface area contributed by atoms with Crippen LogP contribution in [0.25, 0.3) is 11.1 Å². The first kappa shape index (κ1) is 26.1. The number of anilines is 6. The van der Waals surface area contributed by atoms with Crippen molar-refractivity contribution in [1.29, 1.82) is 0 Å². The van der Waals surface area contributed by atoms with Crippen molar-refractivity contribution in [2.75, 3.05) is 9.80 Å². The number of halogens is 2. The number of hydrogen-bond donors (Lipinski definition) is 0. The fourth-order valence-electron chi connectivity index (χ4n) is 4.93. The van der Waals surface area contributed by atoms with Gasteiger partial charge < -0.3 is 9.80 Å². The van der Waals surface area contributed by atoms with E-state index < -0.39 is 0 Å². The Bertz CT molecular complexity index is 1500. The van der Waals surface area contributed by atoms with Gasteiger partial charge in [-0.15, -0.1) is 0 Å². The van der Waals surface area contributed by atoms with E-state index in [1.807, 2.05) is 24.3 Å². The van der Waals surface area contributed by atoms with Gasteiger partial charge in [0.25, 0.3) is 0 Å². The van der Waals surface area contributed by atoms with Crippen molar-refractivity contribution in [3.8, 4) is 11.1 Å². The van der Waals surface area contributed by atoms with Gasteiger partial charge in [0.05, 0.1) is 0 Å². The molecule has 0 aromatic heterocycles. The standard InChI is InChI=1S/C36H26Br2N2/c37-35-25-31(39(27-13-5-1-6-14-27)28-15-7-2-8-16-28)21-23-33(35)34-24-22-32(26-36(34)38)40(29-17-9-3-10-18-29)30-19-11-4-12-20-30/h1-26H.